The molecule has 7 nitrogen and oxygen atoms in total. The van der Waals surface area contributed by atoms with E-state index in [1.165, 1.54) is 5.56 Å². The Morgan fingerprint density at radius 3 is 2.54 bits per heavy atom. The first-order valence-corrected chi connectivity index (χ1v) is 8.22. The van der Waals surface area contributed by atoms with Crippen molar-refractivity contribution in [1.29, 1.82) is 0 Å². The van der Waals surface area contributed by atoms with E-state index in [1.807, 2.05) is 48.6 Å². The normalized spacial score (nSPS) is 17.4. The number of hydrogen-bond acceptors (Lipinski definition) is 5. The van der Waals surface area contributed by atoms with Crippen LogP contribution in [0.1, 0.15) is 46.3 Å². The van der Waals surface area contributed by atoms with Gasteiger partial charge in [0.1, 0.15) is 0 Å². The van der Waals surface area contributed by atoms with E-state index in [0.717, 1.165) is 36.6 Å². The Kier molecular flexibility index (Phi) is 4.26. The van der Waals surface area contributed by atoms with Gasteiger partial charge in [-0.15, -0.1) is 10.2 Å². The lowest BCUT2D eigenvalue weighted by atomic mass is 10.0. The molecule has 1 amide bonds. The standard InChI is InChI=1S/C17H24N6O/c1-11-16(12(2)22(5)20-11)14-7-6-10-23(14)17(24)13-8-9-15(19-18-13)21(3)4/h8-9,14H,6-7,10H2,1-5H3/t14-/m0/s1. The van der Waals surface area contributed by atoms with Crippen molar-refractivity contribution >= 4 is 11.7 Å². The first kappa shape index (κ1) is 16.4. The van der Waals surface area contributed by atoms with Gasteiger partial charge in [0.15, 0.2) is 11.5 Å². The minimum absolute atomic E-state index is 0.0574. The summed E-state index contributed by atoms with van der Waals surface area (Å²) in [6, 6.07) is 3.65. The van der Waals surface area contributed by atoms with Crippen molar-refractivity contribution in [2.75, 3.05) is 25.5 Å². The largest absolute Gasteiger partial charge is 0.361 e. The highest BCUT2D eigenvalue weighted by Crippen LogP contribution is 2.36. The van der Waals surface area contributed by atoms with Crippen LogP contribution in [0.2, 0.25) is 0 Å². The molecule has 24 heavy (non-hydrogen) atoms. The molecule has 7 heteroatoms. The molecule has 0 aromatic carbocycles. The molecule has 3 heterocycles. The second-order valence-corrected chi connectivity index (χ2v) is 6.54. The van der Waals surface area contributed by atoms with Gasteiger partial charge in [-0.05, 0) is 38.8 Å². The molecule has 0 bridgehead atoms. The third-order valence-corrected chi connectivity index (χ3v) is 4.74. The van der Waals surface area contributed by atoms with E-state index in [2.05, 4.69) is 22.2 Å². The Labute approximate surface area is 142 Å². The number of amides is 1. The number of rotatable bonds is 3. The van der Waals surface area contributed by atoms with Crippen LogP contribution in [0, 0.1) is 13.8 Å². The monoisotopic (exact) mass is 328 g/mol. The summed E-state index contributed by atoms with van der Waals surface area (Å²) in [6.45, 7) is 4.81. The first-order chi connectivity index (χ1) is 11.4. The van der Waals surface area contributed by atoms with Gasteiger partial charge in [0.05, 0.1) is 11.7 Å². The Hall–Kier alpha value is -2.44. The van der Waals surface area contributed by atoms with Crippen LogP contribution in [0.15, 0.2) is 12.1 Å². The summed E-state index contributed by atoms with van der Waals surface area (Å²) in [7, 11) is 5.74. The molecule has 3 rings (SSSR count). The van der Waals surface area contributed by atoms with Gasteiger partial charge in [0, 0.05) is 38.9 Å². The molecule has 0 aliphatic carbocycles. The fourth-order valence-electron chi connectivity index (χ4n) is 3.41. The lowest BCUT2D eigenvalue weighted by Gasteiger charge is -2.25. The number of anilines is 1. The van der Waals surface area contributed by atoms with Crippen molar-refractivity contribution in [2.45, 2.75) is 32.7 Å². The summed E-state index contributed by atoms with van der Waals surface area (Å²) >= 11 is 0. The van der Waals surface area contributed by atoms with Gasteiger partial charge in [0.25, 0.3) is 5.91 Å². The number of likely N-dealkylation sites (tertiary alicyclic amines) is 1. The number of aryl methyl sites for hydroxylation is 2. The molecule has 0 N–H and O–H groups in total. The second kappa shape index (κ2) is 6.22. The molecule has 0 spiro atoms. The highest BCUT2D eigenvalue weighted by molar-refractivity contribution is 5.92. The van der Waals surface area contributed by atoms with Crippen LogP contribution >= 0.6 is 0 Å². The number of hydrogen-bond donors (Lipinski definition) is 0. The van der Waals surface area contributed by atoms with Crippen LogP contribution in [0.25, 0.3) is 0 Å². The molecule has 1 fully saturated rings. The maximum Gasteiger partial charge on any atom is 0.274 e. The van der Waals surface area contributed by atoms with Crippen LogP contribution in [0.4, 0.5) is 5.82 Å². The third-order valence-electron chi connectivity index (χ3n) is 4.74. The van der Waals surface area contributed by atoms with Crippen LogP contribution in [-0.2, 0) is 7.05 Å². The Morgan fingerprint density at radius 1 is 1.25 bits per heavy atom. The Bertz CT molecular complexity index is 749. The minimum atomic E-state index is -0.0574. The van der Waals surface area contributed by atoms with E-state index in [1.54, 1.807) is 6.07 Å². The van der Waals surface area contributed by atoms with Crippen LogP contribution in [0.5, 0.6) is 0 Å². The summed E-state index contributed by atoms with van der Waals surface area (Å²) in [5.41, 5.74) is 3.67. The molecule has 1 aliphatic heterocycles. The molecule has 128 valence electrons. The quantitative estimate of drug-likeness (QED) is 0.860. The topological polar surface area (TPSA) is 67.2 Å². The average molecular weight is 328 g/mol. The fourth-order valence-corrected chi connectivity index (χ4v) is 3.41. The summed E-state index contributed by atoms with van der Waals surface area (Å²) in [6.07, 6.45) is 1.95. The zero-order valence-corrected chi connectivity index (χ0v) is 14.9. The minimum Gasteiger partial charge on any atom is -0.361 e. The van der Waals surface area contributed by atoms with Gasteiger partial charge in [-0.1, -0.05) is 0 Å². The first-order valence-electron chi connectivity index (χ1n) is 8.22. The van der Waals surface area contributed by atoms with E-state index in [-0.39, 0.29) is 11.9 Å². The van der Waals surface area contributed by atoms with Gasteiger partial charge < -0.3 is 9.80 Å². The maximum absolute atomic E-state index is 12.9. The smallest absolute Gasteiger partial charge is 0.274 e. The Balaban J connectivity index is 1.88. The van der Waals surface area contributed by atoms with Crippen molar-refractivity contribution in [2.24, 2.45) is 7.05 Å². The molecular formula is C17H24N6O. The van der Waals surface area contributed by atoms with Crippen LogP contribution in [0.3, 0.4) is 0 Å². The lowest BCUT2D eigenvalue weighted by Crippen LogP contribution is -2.32. The van der Waals surface area contributed by atoms with Crippen molar-refractivity contribution in [3.63, 3.8) is 0 Å². The van der Waals surface area contributed by atoms with Crippen LogP contribution < -0.4 is 4.90 Å². The summed E-state index contributed by atoms with van der Waals surface area (Å²) < 4.78 is 1.89. The van der Waals surface area contributed by atoms with E-state index in [0.29, 0.717) is 5.69 Å². The zero-order valence-electron chi connectivity index (χ0n) is 14.9. The van der Waals surface area contributed by atoms with Gasteiger partial charge in [-0.2, -0.15) is 5.10 Å². The van der Waals surface area contributed by atoms with Gasteiger partial charge in [-0.25, -0.2) is 0 Å². The van der Waals surface area contributed by atoms with Gasteiger partial charge in [0.2, 0.25) is 0 Å². The predicted molar refractivity (Wildman–Crippen MR) is 92.1 cm³/mol. The lowest BCUT2D eigenvalue weighted by molar-refractivity contribution is 0.0728. The highest BCUT2D eigenvalue weighted by Gasteiger charge is 2.34. The number of carbonyl (C=O) groups excluding carboxylic acids is 1. The predicted octanol–water partition coefficient (Wildman–Crippen LogP) is 1.87. The molecule has 0 saturated carbocycles. The Morgan fingerprint density at radius 2 is 2.00 bits per heavy atom. The summed E-state index contributed by atoms with van der Waals surface area (Å²) in [5, 5.41) is 12.7. The molecular weight excluding hydrogens is 304 g/mol. The zero-order chi connectivity index (χ0) is 17.4. The molecule has 1 atom stereocenters. The molecule has 2 aromatic heterocycles. The number of nitrogens with zero attached hydrogens (tertiary/aromatic N) is 6. The van der Waals surface area contributed by atoms with Crippen LogP contribution in [-0.4, -0.2) is 51.4 Å². The third kappa shape index (κ3) is 2.74. The molecule has 1 aliphatic rings. The van der Waals surface area contributed by atoms with E-state index in [9.17, 15) is 4.79 Å². The molecule has 0 radical (unpaired) electrons. The fraction of sp³-hybridized carbons (Fsp3) is 0.529. The summed E-state index contributed by atoms with van der Waals surface area (Å²) in [4.78, 5) is 16.7. The average Bonchev–Trinajstić information content (AvgIpc) is 3.12. The molecule has 2 aromatic rings. The maximum atomic E-state index is 12.9. The van der Waals surface area contributed by atoms with E-state index >= 15 is 0 Å². The number of aromatic nitrogens is 4. The van der Waals surface area contributed by atoms with E-state index < -0.39 is 0 Å². The molecule has 1 saturated heterocycles. The van der Waals surface area contributed by atoms with Crippen molar-refractivity contribution in [3.05, 3.63) is 34.8 Å². The second-order valence-electron chi connectivity index (χ2n) is 6.54. The summed E-state index contributed by atoms with van der Waals surface area (Å²) in [5.74, 6) is 0.682. The van der Waals surface area contributed by atoms with Gasteiger partial charge >= 0.3 is 0 Å². The van der Waals surface area contributed by atoms with Crippen molar-refractivity contribution in [3.8, 4) is 0 Å². The van der Waals surface area contributed by atoms with Gasteiger partial charge in [-0.3, -0.25) is 9.48 Å². The van der Waals surface area contributed by atoms with Crippen molar-refractivity contribution < 1.29 is 4.79 Å². The highest BCUT2D eigenvalue weighted by atomic mass is 16.2. The SMILES string of the molecule is Cc1nn(C)c(C)c1[C@@H]1CCCN1C(=O)c1ccc(N(C)C)nn1. The molecule has 0 unspecified atom stereocenters. The van der Waals surface area contributed by atoms with E-state index in [4.69, 9.17) is 0 Å². The van der Waals surface area contributed by atoms with Crippen molar-refractivity contribution in [1.82, 2.24) is 24.9 Å². The number of carbonyl (C=O) groups is 1.